The number of nitrogens with zero attached hydrogens (tertiary/aromatic N) is 1. The average Bonchev–Trinajstić information content (AvgIpc) is 2.79. The van der Waals surface area contributed by atoms with E-state index in [0.29, 0.717) is 22.5 Å². The number of carbonyl (C=O) groups excluding carboxylic acids is 2. The van der Waals surface area contributed by atoms with Gasteiger partial charge in [-0.15, -0.1) is 0 Å². The number of carbonyl (C=O) groups is 2. The van der Waals surface area contributed by atoms with Crippen molar-refractivity contribution in [3.8, 4) is 0 Å². The summed E-state index contributed by atoms with van der Waals surface area (Å²) in [6.45, 7) is 8.94. The lowest BCUT2D eigenvalue weighted by atomic mass is 10.1. The molecule has 35 heavy (non-hydrogen) atoms. The second-order valence-electron chi connectivity index (χ2n) is 8.41. The molecular formula is C27H30N2O5S. The van der Waals surface area contributed by atoms with Gasteiger partial charge in [0.2, 0.25) is 5.91 Å². The first kappa shape index (κ1) is 26.0. The van der Waals surface area contributed by atoms with Crippen molar-refractivity contribution in [2.45, 2.75) is 39.5 Å². The zero-order valence-electron chi connectivity index (χ0n) is 20.6. The molecule has 1 N–H and O–H groups in total. The van der Waals surface area contributed by atoms with Crippen LogP contribution in [0.2, 0.25) is 0 Å². The largest absolute Gasteiger partial charge is 0.462 e. The van der Waals surface area contributed by atoms with Crippen molar-refractivity contribution in [2.75, 3.05) is 22.8 Å². The molecule has 0 heterocycles. The lowest BCUT2D eigenvalue weighted by molar-refractivity contribution is -0.114. The van der Waals surface area contributed by atoms with E-state index in [-0.39, 0.29) is 11.5 Å². The van der Waals surface area contributed by atoms with Crippen LogP contribution >= 0.6 is 0 Å². The maximum atomic E-state index is 13.6. The molecule has 7 nitrogen and oxygen atoms in total. The Bertz CT molecular complexity index is 1350. The molecule has 0 radical (unpaired) electrons. The molecule has 0 spiro atoms. The third kappa shape index (κ3) is 6.08. The summed E-state index contributed by atoms with van der Waals surface area (Å²) in [5, 5.41) is 2.77. The highest BCUT2D eigenvalue weighted by atomic mass is 32.2. The summed E-state index contributed by atoms with van der Waals surface area (Å²) in [4.78, 5) is 25.1. The predicted octanol–water partition coefficient (Wildman–Crippen LogP) is 4.93. The number of aryl methyl sites for hydroxylation is 4. The second-order valence-corrected chi connectivity index (χ2v) is 10.3. The summed E-state index contributed by atoms with van der Waals surface area (Å²) in [5.41, 5.74) is 4.60. The van der Waals surface area contributed by atoms with Gasteiger partial charge in [0.05, 0.1) is 22.8 Å². The molecule has 0 aliphatic heterocycles. The van der Waals surface area contributed by atoms with Gasteiger partial charge in [-0.3, -0.25) is 9.10 Å². The van der Waals surface area contributed by atoms with E-state index in [0.717, 1.165) is 21.0 Å². The lowest BCUT2D eigenvalue weighted by Gasteiger charge is -2.26. The maximum absolute atomic E-state index is 13.6. The van der Waals surface area contributed by atoms with Gasteiger partial charge >= 0.3 is 5.97 Å². The topological polar surface area (TPSA) is 92.8 Å². The molecular weight excluding hydrogens is 464 g/mol. The van der Waals surface area contributed by atoms with Gasteiger partial charge in [0.15, 0.2) is 0 Å². The molecule has 8 heteroatoms. The van der Waals surface area contributed by atoms with Crippen LogP contribution in [-0.2, 0) is 19.6 Å². The Morgan fingerprint density at radius 1 is 0.857 bits per heavy atom. The number of anilines is 2. The molecule has 0 aromatic heterocycles. The van der Waals surface area contributed by atoms with E-state index >= 15 is 0 Å². The number of sulfonamides is 1. The van der Waals surface area contributed by atoms with Gasteiger partial charge in [-0.2, -0.15) is 0 Å². The first-order chi connectivity index (χ1) is 16.5. The van der Waals surface area contributed by atoms with Crippen molar-refractivity contribution < 1.29 is 22.7 Å². The summed E-state index contributed by atoms with van der Waals surface area (Å²) in [6.07, 6.45) is 0. The van der Waals surface area contributed by atoms with E-state index in [1.165, 1.54) is 12.1 Å². The molecule has 3 aromatic rings. The Balaban J connectivity index is 1.93. The molecule has 0 aliphatic carbocycles. The highest BCUT2D eigenvalue weighted by Gasteiger charge is 2.28. The number of amides is 1. The standard InChI is InChI=1S/C27H30N2O5S/c1-6-34-27(31)22-10-13-24(20(4)16-22)28-26(30)17-29(25-14-9-19(3)15-21(25)5)35(32,33)23-11-7-18(2)8-12-23/h7-16H,6,17H2,1-5H3,(H,28,30). The van der Waals surface area contributed by atoms with E-state index in [9.17, 15) is 18.0 Å². The molecule has 1 amide bonds. The molecule has 0 saturated heterocycles. The maximum Gasteiger partial charge on any atom is 0.338 e. The van der Waals surface area contributed by atoms with Gasteiger partial charge in [0.25, 0.3) is 10.0 Å². The fourth-order valence-corrected chi connectivity index (χ4v) is 5.17. The Morgan fingerprint density at radius 2 is 1.51 bits per heavy atom. The fraction of sp³-hybridized carbons (Fsp3) is 0.259. The minimum absolute atomic E-state index is 0.103. The van der Waals surface area contributed by atoms with Crippen LogP contribution in [0.3, 0.4) is 0 Å². The van der Waals surface area contributed by atoms with Crippen molar-refractivity contribution in [1.82, 2.24) is 0 Å². The van der Waals surface area contributed by atoms with Gasteiger partial charge in [-0.05, 0) is 82.1 Å². The highest BCUT2D eigenvalue weighted by Crippen LogP contribution is 2.28. The van der Waals surface area contributed by atoms with Crippen LogP contribution in [0.4, 0.5) is 11.4 Å². The Kier molecular flexibility index (Phi) is 7.96. The molecule has 184 valence electrons. The Hall–Kier alpha value is -3.65. The van der Waals surface area contributed by atoms with Crippen LogP contribution < -0.4 is 9.62 Å². The Morgan fingerprint density at radius 3 is 2.11 bits per heavy atom. The molecule has 0 atom stereocenters. The van der Waals surface area contributed by atoms with Crippen LogP contribution in [-0.4, -0.2) is 33.4 Å². The van der Waals surface area contributed by atoms with Crippen molar-refractivity contribution in [1.29, 1.82) is 0 Å². The smallest absolute Gasteiger partial charge is 0.338 e. The van der Waals surface area contributed by atoms with Crippen LogP contribution in [0, 0.1) is 27.7 Å². The number of rotatable bonds is 8. The fourth-order valence-electron chi connectivity index (χ4n) is 3.69. The first-order valence-corrected chi connectivity index (χ1v) is 12.7. The van der Waals surface area contributed by atoms with Crippen molar-refractivity contribution in [2.24, 2.45) is 0 Å². The number of nitrogens with one attached hydrogen (secondary N) is 1. The van der Waals surface area contributed by atoms with Crippen LogP contribution in [0.25, 0.3) is 0 Å². The van der Waals surface area contributed by atoms with E-state index in [4.69, 9.17) is 4.74 Å². The predicted molar refractivity (Wildman–Crippen MR) is 137 cm³/mol. The third-order valence-corrected chi connectivity index (χ3v) is 7.30. The highest BCUT2D eigenvalue weighted by molar-refractivity contribution is 7.92. The number of ether oxygens (including phenoxy) is 1. The molecule has 0 aliphatic rings. The van der Waals surface area contributed by atoms with Crippen molar-refractivity contribution >= 4 is 33.3 Å². The van der Waals surface area contributed by atoms with Gasteiger partial charge < -0.3 is 10.1 Å². The third-order valence-electron chi connectivity index (χ3n) is 5.53. The summed E-state index contributed by atoms with van der Waals surface area (Å²) in [6, 6.07) is 16.7. The molecule has 0 saturated carbocycles. The minimum atomic E-state index is -4.02. The number of esters is 1. The number of hydrogen-bond acceptors (Lipinski definition) is 5. The monoisotopic (exact) mass is 494 g/mol. The van der Waals surface area contributed by atoms with Crippen LogP contribution in [0.1, 0.15) is 39.5 Å². The van der Waals surface area contributed by atoms with Gasteiger partial charge in [0, 0.05) is 5.69 Å². The summed E-state index contributed by atoms with van der Waals surface area (Å²) < 4.78 is 33.4. The summed E-state index contributed by atoms with van der Waals surface area (Å²) in [7, 11) is -4.02. The summed E-state index contributed by atoms with van der Waals surface area (Å²) in [5.74, 6) is -0.952. The zero-order valence-corrected chi connectivity index (χ0v) is 21.4. The van der Waals surface area contributed by atoms with E-state index < -0.39 is 28.4 Å². The van der Waals surface area contributed by atoms with Gasteiger partial charge in [-0.25, -0.2) is 13.2 Å². The van der Waals surface area contributed by atoms with Gasteiger partial charge in [0.1, 0.15) is 6.54 Å². The van der Waals surface area contributed by atoms with E-state index in [2.05, 4.69) is 5.32 Å². The molecule has 0 fully saturated rings. The SMILES string of the molecule is CCOC(=O)c1ccc(NC(=O)CN(c2ccc(C)cc2C)S(=O)(=O)c2ccc(C)cc2)c(C)c1. The number of benzene rings is 3. The van der Waals surface area contributed by atoms with E-state index in [1.54, 1.807) is 50.2 Å². The summed E-state index contributed by atoms with van der Waals surface area (Å²) >= 11 is 0. The molecule has 3 rings (SSSR count). The minimum Gasteiger partial charge on any atom is -0.462 e. The lowest BCUT2D eigenvalue weighted by Crippen LogP contribution is -2.38. The quantitative estimate of drug-likeness (QED) is 0.448. The second kappa shape index (κ2) is 10.7. The molecule has 0 unspecified atom stereocenters. The first-order valence-electron chi connectivity index (χ1n) is 11.3. The number of hydrogen-bond donors (Lipinski definition) is 1. The van der Waals surface area contributed by atoms with E-state index in [1.807, 2.05) is 32.9 Å². The van der Waals surface area contributed by atoms with Crippen molar-refractivity contribution in [3.05, 3.63) is 88.5 Å². The van der Waals surface area contributed by atoms with Gasteiger partial charge in [-0.1, -0.05) is 35.4 Å². The van der Waals surface area contributed by atoms with Crippen LogP contribution in [0.15, 0.2) is 65.6 Å². The normalized spacial score (nSPS) is 11.1. The van der Waals surface area contributed by atoms with Crippen molar-refractivity contribution in [3.63, 3.8) is 0 Å². The van der Waals surface area contributed by atoms with Crippen LogP contribution in [0.5, 0.6) is 0 Å². The Labute approximate surface area is 206 Å². The average molecular weight is 495 g/mol. The zero-order chi connectivity index (χ0) is 25.8. The molecule has 0 bridgehead atoms. The molecule has 3 aromatic carbocycles.